The molecule has 0 fully saturated rings. The van der Waals surface area contributed by atoms with E-state index in [9.17, 15) is 14.7 Å². The van der Waals surface area contributed by atoms with Gasteiger partial charge in [-0.1, -0.05) is 0 Å². The van der Waals surface area contributed by atoms with E-state index in [4.69, 9.17) is 5.73 Å². The minimum Gasteiger partial charge on any atom is -0.543 e. The van der Waals surface area contributed by atoms with Gasteiger partial charge in [0, 0.05) is 0 Å². The fraction of sp³-hybridized carbons (Fsp3) is 0. The summed E-state index contributed by atoms with van der Waals surface area (Å²) >= 11 is 0. The van der Waals surface area contributed by atoms with Crippen LogP contribution in [0.5, 0.6) is 0 Å². The first-order valence-electron chi connectivity index (χ1n) is 3.82. The number of nitrogen functional groups attached to an aromatic ring is 1. The smallest absolute Gasteiger partial charge is 0.280 e. The van der Waals surface area contributed by atoms with E-state index < -0.39 is 17.2 Å². The fourth-order valence-electron chi connectivity index (χ4n) is 1.03. The molecule has 0 bridgehead atoms. The summed E-state index contributed by atoms with van der Waals surface area (Å²) < 4.78 is 0. The van der Waals surface area contributed by atoms with Gasteiger partial charge in [-0.2, -0.15) is 4.98 Å². The zero-order valence-electron chi connectivity index (χ0n) is 7.22. The summed E-state index contributed by atoms with van der Waals surface area (Å²) in [4.78, 5) is 34.7. The van der Waals surface area contributed by atoms with Crippen molar-refractivity contribution in [3.63, 3.8) is 0 Å². The molecular weight excluding hydrogens is 202 g/mol. The Balaban J connectivity index is 2.83. The van der Waals surface area contributed by atoms with Gasteiger partial charge in [0.15, 0.2) is 11.2 Å². The summed E-state index contributed by atoms with van der Waals surface area (Å²) in [6, 6.07) is 0. The topological polar surface area (TPSA) is 138 Å². The highest BCUT2D eigenvalue weighted by Gasteiger charge is 2.06. The molecule has 0 unspecified atom stereocenters. The van der Waals surface area contributed by atoms with Crippen LogP contribution in [-0.2, 0) is 0 Å². The fourth-order valence-corrected chi connectivity index (χ4v) is 1.03. The SMILES string of the molecule is Nc1nc2ncc(C(=O)[O-])nc2c(=O)[nH]1. The van der Waals surface area contributed by atoms with Crippen LogP contribution in [0.1, 0.15) is 10.5 Å². The second-order valence-corrected chi connectivity index (χ2v) is 2.67. The zero-order chi connectivity index (χ0) is 11.0. The maximum atomic E-state index is 11.3. The van der Waals surface area contributed by atoms with Gasteiger partial charge >= 0.3 is 0 Å². The number of nitrogens with one attached hydrogen (secondary N) is 1. The van der Waals surface area contributed by atoms with Gasteiger partial charge in [-0.25, -0.2) is 9.97 Å². The van der Waals surface area contributed by atoms with E-state index in [1.54, 1.807) is 0 Å². The molecule has 0 aliphatic carbocycles. The number of rotatable bonds is 1. The lowest BCUT2D eigenvalue weighted by molar-refractivity contribution is -0.255. The number of hydrogen-bond donors (Lipinski definition) is 2. The van der Waals surface area contributed by atoms with Crippen LogP contribution < -0.4 is 16.4 Å². The predicted molar refractivity (Wildman–Crippen MR) is 46.7 cm³/mol. The van der Waals surface area contributed by atoms with Gasteiger partial charge in [-0.15, -0.1) is 0 Å². The van der Waals surface area contributed by atoms with Gasteiger partial charge in [0.05, 0.1) is 12.2 Å². The Kier molecular flexibility index (Phi) is 1.82. The number of anilines is 1. The van der Waals surface area contributed by atoms with Crippen LogP contribution in [0.25, 0.3) is 11.2 Å². The van der Waals surface area contributed by atoms with Crippen molar-refractivity contribution in [2.24, 2.45) is 0 Å². The van der Waals surface area contributed by atoms with Crippen LogP contribution in [-0.4, -0.2) is 25.9 Å². The standard InChI is InChI=1S/C7H5N5O3/c8-7-11-4-3(5(13)12-7)10-2(1-9-4)6(14)15/h1H,(H,14,15)(H3,8,9,11,12,13)/p-1. The largest absolute Gasteiger partial charge is 0.543 e. The molecule has 8 heteroatoms. The molecule has 2 aromatic rings. The number of carboxylic acids is 1. The third-order valence-corrected chi connectivity index (χ3v) is 1.65. The minimum absolute atomic E-state index is 0.0127. The van der Waals surface area contributed by atoms with Crippen molar-refractivity contribution in [1.29, 1.82) is 0 Å². The molecule has 3 N–H and O–H groups in total. The van der Waals surface area contributed by atoms with E-state index in [-0.39, 0.29) is 17.1 Å². The Morgan fingerprint density at radius 3 is 2.87 bits per heavy atom. The number of carbonyl (C=O) groups is 1. The molecule has 0 aliphatic heterocycles. The van der Waals surface area contributed by atoms with E-state index in [1.165, 1.54) is 0 Å². The number of fused-ring (bicyclic) bond motifs is 1. The molecule has 0 aliphatic rings. The molecule has 0 saturated carbocycles. The molecule has 76 valence electrons. The molecule has 0 saturated heterocycles. The summed E-state index contributed by atoms with van der Waals surface area (Å²) in [6.45, 7) is 0. The summed E-state index contributed by atoms with van der Waals surface area (Å²) in [7, 11) is 0. The first kappa shape index (κ1) is 9.06. The second-order valence-electron chi connectivity index (χ2n) is 2.67. The number of aromatic amines is 1. The third kappa shape index (κ3) is 1.47. The molecule has 8 nitrogen and oxygen atoms in total. The van der Waals surface area contributed by atoms with Crippen LogP contribution in [0.4, 0.5) is 5.95 Å². The van der Waals surface area contributed by atoms with Crippen molar-refractivity contribution in [2.75, 3.05) is 5.73 Å². The van der Waals surface area contributed by atoms with Crippen LogP contribution in [0, 0.1) is 0 Å². The lowest BCUT2D eigenvalue weighted by Gasteiger charge is -2.01. The number of nitrogens with two attached hydrogens (primary N) is 1. The number of aromatic nitrogens is 4. The van der Waals surface area contributed by atoms with Crippen LogP contribution in [0.15, 0.2) is 11.0 Å². The van der Waals surface area contributed by atoms with Gasteiger partial charge in [-0.3, -0.25) is 9.78 Å². The first-order valence-corrected chi connectivity index (χ1v) is 3.82. The summed E-state index contributed by atoms with van der Waals surface area (Å²) in [5.41, 5.74) is 3.98. The lowest BCUT2D eigenvalue weighted by atomic mass is 10.4. The molecule has 0 amide bonds. The molecule has 2 heterocycles. The van der Waals surface area contributed by atoms with Gasteiger partial charge in [0.2, 0.25) is 5.95 Å². The van der Waals surface area contributed by atoms with E-state index in [0.717, 1.165) is 6.20 Å². The Morgan fingerprint density at radius 2 is 2.20 bits per heavy atom. The Bertz CT molecular complexity index is 605. The van der Waals surface area contributed by atoms with Crippen molar-refractivity contribution in [3.05, 3.63) is 22.2 Å². The maximum Gasteiger partial charge on any atom is 0.280 e. The van der Waals surface area contributed by atoms with Gasteiger partial charge in [0.1, 0.15) is 5.69 Å². The van der Waals surface area contributed by atoms with Crippen molar-refractivity contribution in [2.45, 2.75) is 0 Å². The predicted octanol–water partition coefficient (Wildman–Crippen LogP) is -2.34. The quantitative estimate of drug-likeness (QED) is 0.533. The highest BCUT2D eigenvalue weighted by Crippen LogP contribution is 2.01. The number of aromatic carboxylic acids is 1. The number of H-pyrrole nitrogens is 1. The molecule has 0 atom stereocenters. The molecule has 0 spiro atoms. The minimum atomic E-state index is -1.51. The summed E-state index contributed by atoms with van der Waals surface area (Å²) in [5.74, 6) is -1.62. The average Bonchev–Trinajstić information content (AvgIpc) is 2.16. The maximum absolute atomic E-state index is 11.3. The zero-order valence-corrected chi connectivity index (χ0v) is 7.22. The molecule has 2 aromatic heterocycles. The van der Waals surface area contributed by atoms with Gasteiger partial charge < -0.3 is 15.6 Å². The third-order valence-electron chi connectivity index (χ3n) is 1.65. The van der Waals surface area contributed by atoms with E-state index in [0.29, 0.717) is 0 Å². The molecule has 0 aromatic carbocycles. The molecular formula is C7H4N5O3-. The Hall–Kier alpha value is -2.51. The van der Waals surface area contributed by atoms with E-state index >= 15 is 0 Å². The van der Waals surface area contributed by atoms with Crippen LogP contribution in [0.2, 0.25) is 0 Å². The highest BCUT2D eigenvalue weighted by atomic mass is 16.4. The van der Waals surface area contributed by atoms with Crippen molar-refractivity contribution >= 4 is 23.1 Å². The number of hydrogen-bond acceptors (Lipinski definition) is 7. The summed E-state index contributed by atoms with van der Waals surface area (Å²) in [5, 5.41) is 10.5. The van der Waals surface area contributed by atoms with Crippen LogP contribution >= 0.6 is 0 Å². The molecule has 2 rings (SSSR count). The monoisotopic (exact) mass is 206 g/mol. The number of carbonyl (C=O) groups excluding carboxylic acids is 1. The average molecular weight is 206 g/mol. The van der Waals surface area contributed by atoms with Crippen molar-refractivity contribution < 1.29 is 9.90 Å². The van der Waals surface area contributed by atoms with Crippen molar-refractivity contribution in [3.8, 4) is 0 Å². The van der Waals surface area contributed by atoms with Crippen molar-refractivity contribution in [1.82, 2.24) is 19.9 Å². The van der Waals surface area contributed by atoms with Crippen LogP contribution in [0.3, 0.4) is 0 Å². The number of carboxylic acid groups (broad SMARTS) is 1. The van der Waals surface area contributed by atoms with Gasteiger partial charge in [-0.05, 0) is 0 Å². The Morgan fingerprint density at radius 1 is 1.47 bits per heavy atom. The van der Waals surface area contributed by atoms with Gasteiger partial charge in [0.25, 0.3) is 5.56 Å². The molecule has 15 heavy (non-hydrogen) atoms. The normalized spacial score (nSPS) is 10.4. The second kappa shape index (κ2) is 3.01. The Labute approximate surface area is 81.8 Å². The van der Waals surface area contributed by atoms with E-state index in [2.05, 4.69) is 19.9 Å². The summed E-state index contributed by atoms with van der Waals surface area (Å²) in [6.07, 6.45) is 0.948. The highest BCUT2D eigenvalue weighted by molar-refractivity contribution is 5.85. The number of nitrogens with zero attached hydrogens (tertiary/aromatic N) is 3. The van der Waals surface area contributed by atoms with E-state index in [1.807, 2.05) is 0 Å². The lowest BCUT2D eigenvalue weighted by Crippen LogP contribution is -2.25. The molecule has 0 radical (unpaired) electrons. The first-order chi connectivity index (χ1) is 7.08.